The third kappa shape index (κ3) is 6.43. The molecule has 3 heterocycles. The number of Topliss-reactive ketones (excluding diaryl/α,β-unsaturated/α-hetero) is 1. The third-order valence-electron chi connectivity index (χ3n) is 6.32. The Labute approximate surface area is 239 Å². The van der Waals surface area contributed by atoms with E-state index in [1.54, 1.807) is 24.4 Å². The van der Waals surface area contributed by atoms with E-state index in [4.69, 9.17) is 4.74 Å². The van der Waals surface area contributed by atoms with Crippen molar-refractivity contribution in [1.82, 2.24) is 19.9 Å². The first kappa shape index (κ1) is 27.2. The van der Waals surface area contributed by atoms with E-state index in [1.807, 2.05) is 43.6 Å². The van der Waals surface area contributed by atoms with Crippen molar-refractivity contribution < 1.29 is 13.9 Å². The van der Waals surface area contributed by atoms with Crippen LogP contribution in [-0.2, 0) is 31.2 Å². The summed E-state index contributed by atoms with van der Waals surface area (Å²) in [6.45, 7) is 3.84. The first-order valence-corrected chi connectivity index (χ1v) is 14.3. The topological polar surface area (TPSA) is 69.0 Å². The summed E-state index contributed by atoms with van der Waals surface area (Å²) in [5, 5.41) is 3.41. The molecule has 0 atom stereocenters. The molecule has 0 bridgehead atoms. The standard InChI is InChI=1S/C30H28BrFN4O2S/c1-3-10-33-17-22-18-35-30(36(22)2)28-16-25-29(39-28)27(9-11-34-25)38-26-8-7-20(15-24(26)32)14-23(37)13-19-5-4-6-21(31)12-19/h4-9,11-12,15-16,18,33H,3,10,13-14,17H2,1-2H3. The van der Waals surface area contributed by atoms with Gasteiger partial charge in [-0.05, 0) is 54.4 Å². The summed E-state index contributed by atoms with van der Waals surface area (Å²) in [7, 11) is 2.00. The average molecular weight is 608 g/mol. The van der Waals surface area contributed by atoms with Crippen molar-refractivity contribution in [1.29, 1.82) is 0 Å². The minimum atomic E-state index is -0.516. The first-order valence-electron chi connectivity index (χ1n) is 12.7. The molecule has 9 heteroatoms. The van der Waals surface area contributed by atoms with E-state index in [1.165, 1.54) is 17.4 Å². The van der Waals surface area contributed by atoms with Crippen molar-refractivity contribution in [3.8, 4) is 22.2 Å². The molecule has 2 aromatic carbocycles. The molecule has 0 amide bonds. The van der Waals surface area contributed by atoms with Crippen molar-refractivity contribution in [3.63, 3.8) is 0 Å². The van der Waals surface area contributed by atoms with Crippen LogP contribution >= 0.6 is 27.3 Å². The molecule has 39 heavy (non-hydrogen) atoms. The molecular formula is C30H28BrFN4O2S. The second-order valence-electron chi connectivity index (χ2n) is 9.33. The van der Waals surface area contributed by atoms with Gasteiger partial charge in [-0.25, -0.2) is 9.37 Å². The molecule has 3 aromatic heterocycles. The van der Waals surface area contributed by atoms with Gasteiger partial charge in [0.25, 0.3) is 0 Å². The van der Waals surface area contributed by atoms with Crippen molar-refractivity contribution in [3.05, 3.63) is 94.1 Å². The van der Waals surface area contributed by atoms with Gasteiger partial charge in [-0.3, -0.25) is 9.78 Å². The molecule has 0 aliphatic heterocycles. The predicted molar refractivity (Wildman–Crippen MR) is 157 cm³/mol. The average Bonchev–Trinajstić information content (AvgIpc) is 3.49. The Morgan fingerprint density at radius 2 is 1.90 bits per heavy atom. The fourth-order valence-corrected chi connectivity index (χ4v) is 5.90. The van der Waals surface area contributed by atoms with E-state index in [0.29, 0.717) is 17.7 Å². The number of fused-ring (bicyclic) bond motifs is 1. The van der Waals surface area contributed by atoms with E-state index in [2.05, 4.69) is 42.7 Å². The zero-order valence-electron chi connectivity index (χ0n) is 21.7. The van der Waals surface area contributed by atoms with Crippen molar-refractivity contribution in [2.24, 2.45) is 7.05 Å². The number of ether oxygens (including phenoxy) is 1. The highest BCUT2D eigenvalue weighted by atomic mass is 79.9. The summed E-state index contributed by atoms with van der Waals surface area (Å²) < 4.78 is 24.9. The summed E-state index contributed by atoms with van der Waals surface area (Å²) >= 11 is 4.93. The van der Waals surface area contributed by atoms with E-state index >= 15 is 4.39 Å². The lowest BCUT2D eigenvalue weighted by atomic mass is 10.0. The quantitative estimate of drug-likeness (QED) is 0.160. The lowest BCUT2D eigenvalue weighted by Gasteiger charge is -2.09. The zero-order chi connectivity index (χ0) is 27.4. The molecule has 0 saturated carbocycles. The number of hydrogen-bond acceptors (Lipinski definition) is 6. The Hall–Kier alpha value is -3.40. The largest absolute Gasteiger partial charge is 0.453 e. The predicted octanol–water partition coefficient (Wildman–Crippen LogP) is 7.24. The van der Waals surface area contributed by atoms with Gasteiger partial charge >= 0.3 is 0 Å². The highest BCUT2D eigenvalue weighted by Gasteiger charge is 2.17. The van der Waals surface area contributed by atoms with Crippen LogP contribution in [0.3, 0.4) is 0 Å². The normalized spacial score (nSPS) is 11.3. The molecular weight excluding hydrogens is 579 g/mol. The SMILES string of the molecule is CCCNCc1cnc(-c2cc3nccc(Oc4ccc(CC(=O)Cc5cccc(Br)c5)cc4F)c3s2)n1C. The van der Waals surface area contributed by atoms with Crippen molar-refractivity contribution in [2.45, 2.75) is 32.7 Å². The number of ketones is 1. The lowest BCUT2D eigenvalue weighted by molar-refractivity contribution is -0.117. The number of nitrogens with one attached hydrogen (secondary N) is 1. The second kappa shape index (κ2) is 12.2. The van der Waals surface area contributed by atoms with E-state index < -0.39 is 5.82 Å². The zero-order valence-corrected chi connectivity index (χ0v) is 24.1. The summed E-state index contributed by atoms with van der Waals surface area (Å²) in [4.78, 5) is 22.6. The number of rotatable bonds is 11. The minimum Gasteiger partial charge on any atom is -0.453 e. The molecule has 0 aliphatic carbocycles. The number of aromatic nitrogens is 3. The number of nitrogens with zero attached hydrogens (tertiary/aromatic N) is 3. The van der Waals surface area contributed by atoms with Crippen LogP contribution in [0.25, 0.3) is 20.9 Å². The van der Waals surface area contributed by atoms with Gasteiger partial charge in [0.1, 0.15) is 17.4 Å². The van der Waals surface area contributed by atoms with Gasteiger partial charge in [0.05, 0.1) is 27.0 Å². The third-order valence-corrected chi connectivity index (χ3v) is 7.95. The van der Waals surface area contributed by atoms with Crippen LogP contribution in [0.4, 0.5) is 4.39 Å². The second-order valence-corrected chi connectivity index (χ2v) is 11.3. The van der Waals surface area contributed by atoms with Gasteiger partial charge in [-0.2, -0.15) is 0 Å². The number of hydrogen-bond donors (Lipinski definition) is 1. The maximum absolute atomic E-state index is 15.0. The monoisotopic (exact) mass is 606 g/mol. The Balaban J connectivity index is 1.31. The molecule has 5 aromatic rings. The maximum Gasteiger partial charge on any atom is 0.166 e. The number of thiophene rings is 1. The molecule has 0 saturated heterocycles. The molecule has 0 aliphatic rings. The lowest BCUT2D eigenvalue weighted by Crippen LogP contribution is -2.16. The van der Waals surface area contributed by atoms with Crippen LogP contribution in [0.5, 0.6) is 11.5 Å². The smallest absolute Gasteiger partial charge is 0.166 e. The summed E-state index contributed by atoms with van der Waals surface area (Å²) in [5.41, 5.74) is 3.38. The number of benzene rings is 2. The van der Waals surface area contributed by atoms with E-state index in [0.717, 1.165) is 56.2 Å². The van der Waals surface area contributed by atoms with Crippen molar-refractivity contribution >= 4 is 43.3 Å². The van der Waals surface area contributed by atoms with Crippen LogP contribution in [0.2, 0.25) is 0 Å². The first-order chi connectivity index (χ1) is 18.9. The van der Waals surface area contributed by atoms with Gasteiger partial charge < -0.3 is 14.6 Å². The molecule has 6 nitrogen and oxygen atoms in total. The number of carbonyl (C=O) groups is 1. The van der Waals surface area contributed by atoms with Crippen molar-refractivity contribution in [2.75, 3.05) is 6.54 Å². The van der Waals surface area contributed by atoms with Gasteiger partial charge in [0.2, 0.25) is 0 Å². The fraction of sp³-hybridized carbons (Fsp3) is 0.233. The number of carbonyl (C=O) groups excluding carboxylic acids is 1. The van der Waals surface area contributed by atoms with E-state index in [-0.39, 0.29) is 18.0 Å². The van der Waals surface area contributed by atoms with Crippen LogP contribution in [0.15, 0.2) is 71.5 Å². The van der Waals surface area contributed by atoms with Crippen LogP contribution in [0.1, 0.15) is 30.2 Å². The van der Waals surface area contributed by atoms with Gasteiger partial charge in [0, 0.05) is 43.2 Å². The molecule has 1 N–H and O–H groups in total. The Morgan fingerprint density at radius 3 is 2.67 bits per heavy atom. The molecule has 0 fully saturated rings. The van der Waals surface area contributed by atoms with Crippen LogP contribution < -0.4 is 10.1 Å². The molecule has 5 rings (SSSR count). The maximum atomic E-state index is 15.0. The minimum absolute atomic E-state index is 0.0155. The fourth-order valence-electron chi connectivity index (χ4n) is 4.36. The summed E-state index contributed by atoms with van der Waals surface area (Å²) in [5.74, 6) is 0.967. The molecule has 0 spiro atoms. The number of halogens is 2. The Bertz CT molecular complexity index is 1630. The molecule has 0 unspecified atom stereocenters. The van der Waals surface area contributed by atoms with E-state index in [9.17, 15) is 4.79 Å². The van der Waals surface area contributed by atoms with Crippen LogP contribution in [0, 0.1) is 5.82 Å². The Kier molecular flexibility index (Phi) is 8.50. The van der Waals surface area contributed by atoms with Crippen LogP contribution in [-0.4, -0.2) is 26.9 Å². The number of pyridine rings is 1. The summed E-state index contributed by atoms with van der Waals surface area (Å²) in [6, 6.07) is 16.0. The van der Waals surface area contributed by atoms with Gasteiger partial charge in [-0.15, -0.1) is 11.3 Å². The molecule has 200 valence electrons. The molecule has 0 radical (unpaired) electrons. The highest BCUT2D eigenvalue weighted by molar-refractivity contribution is 9.10. The van der Waals surface area contributed by atoms with Gasteiger partial charge in [-0.1, -0.05) is 41.1 Å². The Morgan fingerprint density at radius 1 is 1.08 bits per heavy atom. The number of imidazole rings is 1. The van der Waals surface area contributed by atoms with Gasteiger partial charge in [0.15, 0.2) is 11.6 Å². The summed E-state index contributed by atoms with van der Waals surface area (Å²) in [6.07, 6.45) is 5.05. The highest BCUT2D eigenvalue weighted by Crippen LogP contribution is 2.39.